The maximum atomic E-state index is 4.48. The van der Waals surface area contributed by atoms with Crippen molar-refractivity contribution in [1.29, 1.82) is 0 Å². The smallest absolute Gasteiger partial charge is 0.189 e. The minimum absolute atomic E-state index is 0.911. The van der Waals surface area contributed by atoms with Crippen LogP contribution in [0.5, 0.6) is 0 Å². The molecule has 2 aromatic rings. The van der Waals surface area contributed by atoms with E-state index in [1.807, 2.05) is 24.4 Å². The second-order valence-electron chi connectivity index (χ2n) is 4.18. The fourth-order valence-corrected chi connectivity index (χ4v) is 2.55. The van der Waals surface area contributed by atoms with Crippen LogP contribution in [0, 0.1) is 0 Å². The van der Waals surface area contributed by atoms with Crippen LogP contribution in [0.3, 0.4) is 0 Å². The molecule has 3 nitrogen and oxygen atoms in total. The van der Waals surface area contributed by atoms with Crippen molar-refractivity contribution in [2.45, 2.75) is 19.9 Å². The molecule has 1 heterocycles. The molecule has 4 heteroatoms. The van der Waals surface area contributed by atoms with Gasteiger partial charge in [0.25, 0.3) is 0 Å². The summed E-state index contributed by atoms with van der Waals surface area (Å²) in [5, 5.41) is 4.43. The number of aromatic nitrogens is 1. The van der Waals surface area contributed by atoms with Gasteiger partial charge in [0, 0.05) is 30.4 Å². The van der Waals surface area contributed by atoms with Gasteiger partial charge in [0.2, 0.25) is 0 Å². The summed E-state index contributed by atoms with van der Waals surface area (Å²) >= 11 is 1.74. The lowest BCUT2D eigenvalue weighted by molar-refractivity contribution is 0.681. The monoisotopic (exact) mass is 261 g/mol. The molecule has 2 rings (SSSR count). The van der Waals surface area contributed by atoms with E-state index in [2.05, 4.69) is 41.3 Å². The van der Waals surface area contributed by atoms with E-state index in [1.165, 1.54) is 10.6 Å². The summed E-state index contributed by atoms with van der Waals surface area (Å²) < 4.78 is 0. The van der Waals surface area contributed by atoms with Gasteiger partial charge in [-0.3, -0.25) is 0 Å². The van der Waals surface area contributed by atoms with Crippen LogP contribution in [0.2, 0.25) is 0 Å². The van der Waals surface area contributed by atoms with Crippen molar-refractivity contribution in [3.63, 3.8) is 0 Å². The number of nitrogens with zero attached hydrogens (tertiary/aromatic N) is 2. The molecular weight excluding hydrogens is 242 g/mol. The lowest BCUT2D eigenvalue weighted by Crippen LogP contribution is -2.12. The van der Waals surface area contributed by atoms with Crippen LogP contribution < -0.4 is 10.2 Å². The summed E-state index contributed by atoms with van der Waals surface area (Å²) in [4.78, 5) is 7.87. The van der Waals surface area contributed by atoms with E-state index in [9.17, 15) is 0 Å². The second-order valence-corrected chi connectivity index (χ2v) is 5.27. The summed E-state index contributed by atoms with van der Waals surface area (Å²) in [6.07, 6.45) is 3.12. The van der Waals surface area contributed by atoms with E-state index < -0.39 is 0 Å². The van der Waals surface area contributed by atoms with Gasteiger partial charge in [-0.15, -0.1) is 11.3 Å². The molecule has 0 saturated carbocycles. The van der Waals surface area contributed by atoms with Crippen LogP contribution in [0.15, 0.2) is 36.5 Å². The number of rotatable bonds is 6. The van der Waals surface area contributed by atoms with Crippen molar-refractivity contribution in [3.8, 4) is 0 Å². The molecule has 1 N–H and O–H groups in total. The Bertz CT molecular complexity index is 467. The molecule has 0 aliphatic rings. The van der Waals surface area contributed by atoms with Crippen molar-refractivity contribution in [2.24, 2.45) is 0 Å². The van der Waals surface area contributed by atoms with Crippen LogP contribution in [0.1, 0.15) is 18.2 Å². The minimum Gasteiger partial charge on any atom is -0.321 e. The van der Waals surface area contributed by atoms with Gasteiger partial charge >= 0.3 is 0 Å². The summed E-state index contributed by atoms with van der Waals surface area (Å²) in [5.74, 6) is 0. The van der Waals surface area contributed by atoms with Gasteiger partial charge in [-0.25, -0.2) is 4.98 Å². The fourth-order valence-electron chi connectivity index (χ4n) is 1.68. The minimum atomic E-state index is 0.911. The highest BCUT2D eigenvalue weighted by molar-refractivity contribution is 7.15. The molecular formula is C14H19N3S. The number of nitrogens with one attached hydrogen (secondary N) is 1. The predicted octanol–water partition coefficient (Wildman–Crippen LogP) is 3.41. The highest BCUT2D eigenvalue weighted by Gasteiger charge is 2.08. The van der Waals surface area contributed by atoms with Crippen molar-refractivity contribution in [1.82, 2.24) is 10.3 Å². The van der Waals surface area contributed by atoms with E-state index in [4.69, 9.17) is 0 Å². The van der Waals surface area contributed by atoms with Gasteiger partial charge in [-0.1, -0.05) is 25.1 Å². The maximum absolute atomic E-state index is 4.48. The fraction of sp³-hybridized carbons (Fsp3) is 0.357. The zero-order valence-corrected chi connectivity index (χ0v) is 11.7. The molecule has 18 heavy (non-hydrogen) atoms. The van der Waals surface area contributed by atoms with Crippen LogP contribution in [0.25, 0.3) is 0 Å². The molecule has 96 valence electrons. The first-order chi connectivity index (χ1) is 8.81. The van der Waals surface area contributed by atoms with Gasteiger partial charge in [0.05, 0.1) is 0 Å². The highest BCUT2D eigenvalue weighted by atomic mass is 32.1. The van der Waals surface area contributed by atoms with E-state index in [0.717, 1.165) is 24.6 Å². The molecule has 0 amide bonds. The molecule has 1 aromatic carbocycles. The molecule has 0 aliphatic heterocycles. The van der Waals surface area contributed by atoms with Crippen LogP contribution in [-0.4, -0.2) is 18.6 Å². The third-order valence-corrected chi connectivity index (χ3v) is 3.77. The van der Waals surface area contributed by atoms with Crippen molar-refractivity contribution >= 4 is 22.2 Å². The molecule has 0 unspecified atom stereocenters. The molecule has 1 aromatic heterocycles. The molecule has 0 radical (unpaired) electrons. The lowest BCUT2D eigenvalue weighted by Gasteiger charge is -2.15. The number of thiazole rings is 1. The first-order valence-corrected chi connectivity index (χ1v) is 7.07. The first kappa shape index (κ1) is 13.1. The molecule has 0 bridgehead atoms. The average molecular weight is 261 g/mol. The highest BCUT2D eigenvalue weighted by Crippen LogP contribution is 2.27. The zero-order chi connectivity index (χ0) is 12.8. The number of hydrogen-bond acceptors (Lipinski definition) is 4. The lowest BCUT2D eigenvalue weighted by atomic mass is 10.3. The summed E-state index contributed by atoms with van der Waals surface area (Å²) in [6.45, 7) is 4.14. The Hall–Kier alpha value is -1.39. The molecule has 0 fully saturated rings. The molecule has 0 aliphatic carbocycles. The number of para-hydroxylation sites is 1. The quantitative estimate of drug-likeness (QED) is 0.808. The molecule has 0 atom stereocenters. The summed E-state index contributed by atoms with van der Waals surface area (Å²) in [6, 6.07) is 10.3. The van der Waals surface area contributed by atoms with E-state index >= 15 is 0 Å². The predicted molar refractivity (Wildman–Crippen MR) is 78.6 cm³/mol. The van der Waals surface area contributed by atoms with Gasteiger partial charge < -0.3 is 10.2 Å². The van der Waals surface area contributed by atoms with E-state index in [1.54, 1.807) is 11.3 Å². The van der Waals surface area contributed by atoms with Crippen molar-refractivity contribution in [2.75, 3.05) is 18.5 Å². The summed E-state index contributed by atoms with van der Waals surface area (Å²) in [5.41, 5.74) is 1.17. The van der Waals surface area contributed by atoms with Gasteiger partial charge in [0.1, 0.15) is 0 Å². The normalized spacial score (nSPS) is 10.6. The van der Waals surface area contributed by atoms with Crippen LogP contribution in [0.4, 0.5) is 10.8 Å². The third kappa shape index (κ3) is 3.31. The van der Waals surface area contributed by atoms with E-state index in [-0.39, 0.29) is 0 Å². The zero-order valence-electron chi connectivity index (χ0n) is 10.9. The SMILES string of the molecule is CCCNCc1cnc(N(C)c2ccccc2)s1. The van der Waals surface area contributed by atoms with Gasteiger partial charge in [-0.2, -0.15) is 0 Å². The van der Waals surface area contributed by atoms with Crippen LogP contribution >= 0.6 is 11.3 Å². The third-order valence-electron chi connectivity index (χ3n) is 2.70. The van der Waals surface area contributed by atoms with E-state index in [0.29, 0.717) is 0 Å². The van der Waals surface area contributed by atoms with Crippen molar-refractivity contribution in [3.05, 3.63) is 41.4 Å². The van der Waals surface area contributed by atoms with Gasteiger partial charge in [-0.05, 0) is 25.1 Å². The Balaban J connectivity index is 2.01. The maximum Gasteiger partial charge on any atom is 0.189 e. The Morgan fingerprint density at radius 3 is 2.78 bits per heavy atom. The van der Waals surface area contributed by atoms with Crippen LogP contribution in [-0.2, 0) is 6.54 Å². The number of benzene rings is 1. The largest absolute Gasteiger partial charge is 0.321 e. The van der Waals surface area contributed by atoms with Gasteiger partial charge in [0.15, 0.2) is 5.13 Å². The Labute approximate surface area is 112 Å². The first-order valence-electron chi connectivity index (χ1n) is 6.25. The Kier molecular flexibility index (Phi) is 4.73. The molecule has 0 spiro atoms. The second kappa shape index (κ2) is 6.52. The Morgan fingerprint density at radius 2 is 2.06 bits per heavy atom. The topological polar surface area (TPSA) is 28.2 Å². The number of anilines is 2. The Morgan fingerprint density at radius 1 is 1.28 bits per heavy atom. The molecule has 0 saturated heterocycles. The summed E-state index contributed by atoms with van der Waals surface area (Å²) in [7, 11) is 2.05. The van der Waals surface area contributed by atoms with Crippen molar-refractivity contribution < 1.29 is 0 Å². The standard InChI is InChI=1S/C14H19N3S/c1-3-9-15-10-13-11-16-14(18-13)17(2)12-7-5-4-6-8-12/h4-8,11,15H,3,9-10H2,1-2H3. The number of hydrogen-bond donors (Lipinski definition) is 1. The average Bonchev–Trinajstić information content (AvgIpc) is 2.88.